The topological polar surface area (TPSA) is 36.3 Å². The minimum absolute atomic E-state index is 0.263. The summed E-state index contributed by atoms with van der Waals surface area (Å²) in [5.41, 5.74) is 1.18. The van der Waals surface area contributed by atoms with Gasteiger partial charge in [-0.3, -0.25) is 4.57 Å². The second kappa shape index (κ2) is 3.25. The Morgan fingerprint density at radius 3 is 3.58 bits per heavy atom. The van der Waals surface area contributed by atoms with E-state index in [2.05, 4.69) is 4.98 Å². The zero-order valence-corrected chi connectivity index (χ0v) is 7.06. The summed E-state index contributed by atoms with van der Waals surface area (Å²) in [4.78, 5) is 4.04. The van der Waals surface area contributed by atoms with Gasteiger partial charge in [0.2, 0.25) is 6.41 Å². The van der Waals surface area contributed by atoms with Crippen LogP contribution in [0.25, 0.3) is 0 Å². The number of ether oxygens (including phenoxy) is 2. The molecule has 0 radical (unpaired) electrons. The molecule has 0 N–H and O–H groups in total. The fourth-order valence-corrected chi connectivity index (χ4v) is 1.33. The normalized spacial score (nSPS) is 22.2. The lowest BCUT2D eigenvalue weighted by Gasteiger charge is -2.24. The van der Waals surface area contributed by atoms with Gasteiger partial charge in [-0.25, -0.2) is 4.98 Å². The number of hydrogen-bond acceptors (Lipinski definition) is 3. The van der Waals surface area contributed by atoms with Crippen LogP contribution in [0.4, 0.5) is 0 Å². The van der Waals surface area contributed by atoms with Crippen LogP contribution in [0.1, 0.15) is 19.0 Å². The zero-order chi connectivity index (χ0) is 8.39. The Morgan fingerprint density at radius 1 is 1.83 bits per heavy atom. The van der Waals surface area contributed by atoms with Gasteiger partial charge >= 0.3 is 0 Å². The number of fused-ring (bicyclic) bond motifs is 1. The Morgan fingerprint density at radius 2 is 2.75 bits per heavy atom. The Kier molecular flexibility index (Phi) is 2.10. The molecule has 0 amide bonds. The van der Waals surface area contributed by atoms with E-state index in [0.29, 0.717) is 6.61 Å². The maximum absolute atomic E-state index is 5.40. The van der Waals surface area contributed by atoms with Gasteiger partial charge in [0.25, 0.3) is 0 Å². The Labute approximate surface area is 71.1 Å². The van der Waals surface area contributed by atoms with Crippen LogP contribution in [0.2, 0.25) is 0 Å². The smallest absolute Gasteiger partial charge is 0.245 e. The summed E-state index contributed by atoms with van der Waals surface area (Å²) in [6, 6.07) is 0. The Hall–Kier alpha value is -0.870. The van der Waals surface area contributed by atoms with E-state index in [1.165, 1.54) is 5.69 Å². The quantitative estimate of drug-likeness (QED) is 0.659. The van der Waals surface area contributed by atoms with Gasteiger partial charge in [-0.15, -0.1) is 0 Å². The molecular formula is C8H12N2O2. The summed E-state index contributed by atoms with van der Waals surface area (Å²) < 4.78 is 12.7. The van der Waals surface area contributed by atoms with E-state index in [4.69, 9.17) is 9.47 Å². The van der Waals surface area contributed by atoms with Crippen LogP contribution in [0.15, 0.2) is 12.5 Å². The Balaban J connectivity index is 2.19. The highest BCUT2D eigenvalue weighted by Gasteiger charge is 2.19. The first-order valence-electron chi connectivity index (χ1n) is 4.15. The summed E-state index contributed by atoms with van der Waals surface area (Å²) in [7, 11) is 0. The maximum Gasteiger partial charge on any atom is 0.245 e. The second-order valence-electron chi connectivity index (χ2n) is 2.68. The van der Waals surface area contributed by atoms with Gasteiger partial charge < -0.3 is 9.47 Å². The monoisotopic (exact) mass is 168 g/mol. The van der Waals surface area contributed by atoms with E-state index in [1.807, 2.05) is 17.7 Å². The minimum Gasteiger partial charge on any atom is -0.335 e. The summed E-state index contributed by atoms with van der Waals surface area (Å²) in [6.45, 7) is 3.33. The van der Waals surface area contributed by atoms with Crippen molar-refractivity contribution in [2.24, 2.45) is 0 Å². The summed E-state index contributed by atoms with van der Waals surface area (Å²) in [6.07, 6.45) is 4.26. The molecule has 1 aliphatic heterocycles. The molecule has 0 bridgehead atoms. The fourth-order valence-electron chi connectivity index (χ4n) is 1.33. The third kappa shape index (κ3) is 1.23. The van der Waals surface area contributed by atoms with Crippen LogP contribution in [-0.4, -0.2) is 22.8 Å². The second-order valence-corrected chi connectivity index (χ2v) is 2.68. The molecule has 2 rings (SSSR count). The average molecular weight is 168 g/mol. The molecule has 0 aromatic carbocycles. The van der Waals surface area contributed by atoms with Gasteiger partial charge in [0, 0.05) is 24.9 Å². The van der Waals surface area contributed by atoms with Gasteiger partial charge in [-0.2, -0.15) is 0 Å². The van der Waals surface area contributed by atoms with Crippen molar-refractivity contribution in [1.82, 2.24) is 9.55 Å². The number of aromatic nitrogens is 2. The van der Waals surface area contributed by atoms with Crippen LogP contribution >= 0.6 is 0 Å². The lowest BCUT2D eigenvalue weighted by atomic mass is 10.3. The summed E-state index contributed by atoms with van der Waals surface area (Å²) in [5, 5.41) is 0. The molecule has 1 atom stereocenters. The number of rotatable bonds is 2. The first kappa shape index (κ1) is 7.76. The number of imidazole rings is 1. The van der Waals surface area contributed by atoms with Crippen LogP contribution in [0.3, 0.4) is 0 Å². The van der Waals surface area contributed by atoms with E-state index in [9.17, 15) is 0 Å². The standard InChI is InChI=1S/C8H12N2O2/c1-2-11-8-10-6-9-5-7(10)3-4-12-8/h5-6,8H,2-4H2,1H3. The van der Waals surface area contributed by atoms with E-state index < -0.39 is 0 Å². The molecule has 1 unspecified atom stereocenters. The van der Waals surface area contributed by atoms with E-state index in [-0.39, 0.29) is 6.41 Å². The minimum atomic E-state index is -0.263. The third-order valence-corrected chi connectivity index (χ3v) is 1.90. The summed E-state index contributed by atoms with van der Waals surface area (Å²) in [5.74, 6) is 0. The molecule has 4 heteroatoms. The molecule has 0 fully saturated rings. The highest BCUT2D eigenvalue weighted by atomic mass is 16.7. The molecule has 12 heavy (non-hydrogen) atoms. The van der Waals surface area contributed by atoms with Crippen molar-refractivity contribution in [3.8, 4) is 0 Å². The molecule has 2 heterocycles. The van der Waals surface area contributed by atoms with Gasteiger partial charge in [0.1, 0.15) is 0 Å². The molecule has 1 aromatic rings. The van der Waals surface area contributed by atoms with Crippen molar-refractivity contribution >= 4 is 0 Å². The van der Waals surface area contributed by atoms with Crippen molar-refractivity contribution in [1.29, 1.82) is 0 Å². The van der Waals surface area contributed by atoms with Crippen molar-refractivity contribution in [2.75, 3.05) is 13.2 Å². The van der Waals surface area contributed by atoms with Gasteiger partial charge in [0.15, 0.2) is 0 Å². The molecule has 0 saturated carbocycles. The van der Waals surface area contributed by atoms with Gasteiger partial charge in [-0.05, 0) is 6.92 Å². The number of hydrogen-bond donors (Lipinski definition) is 0. The first-order valence-corrected chi connectivity index (χ1v) is 4.15. The van der Waals surface area contributed by atoms with Crippen LogP contribution < -0.4 is 0 Å². The zero-order valence-electron chi connectivity index (χ0n) is 7.06. The van der Waals surface area contributed by atoms with Crippen LogP contribution in [0, 0.1) is 0 Å². The molecule has 1 aliphatic rings. The molecule has 1 aromatic heterocycles. The highest BCUT2D eigenvalue weighted by Crippen LogP contribution is 2.19. The molecular weight excluding hydrogens is 156 g/mol. The molecule has 0 saturated heterocycles. The Bertz CT molecular complexity index is 259. The van der Waals surface area contributed by atoms with E-state index >= 15 is 0 Å². The molecule has 0 spiro atoms. The number of nitrogens with zero attached hydrogens (tertiary/aromatic N) is 2. The average Bonchev–Trinajstić information content (AvgIpc) is 2.53. The van der Waals surface area contributed by atoms with Gasteiger partial charge in [-0.1, -0.05) is 0 Å². The van der Waals surface area contributed by atoms with E-state index in [0.717, 1.165) is 13.0 Å². The van der Waals surface area contributed by atoms with Crippen LogP contribution in [0.5, 0.6) is 0 Å². The predicted molar refractivity (Wildman–Crippen MR) is 42.5 cm³/mol. The van der Waals surface area contributed by atoms with Crippen molar-refractivity contribution in [3.63, 3.8) is 0 Å². The largest absolute Gasteiger partial charge is 0.335 e. The predicted octanol–water partition coefficient (Wildman–Crippen LogP) is 0.948. The molecule has 4 nitrogen and oxygen atoms in total. The highest BCUT2D eigenvalue weighted by molar-refractivity contribution is 5.00. The van der Waals surface area contributed by atoms with Gasteiger partial charge in [0.05, 0.1) is 12.9 Å². The lowest BCUT2D eigenvalue weighted by Crippen LogP contribution is -2.24. The first-order chi connectivity index (χ1) is 5.92. The van der Waals surface area contributed by atoms with Crippen molar-refractivity contribution in [3.05, 3.63) is 18.2 Å². The molecule has 0 aliphatic carbocycles. The summed E-state index contributed by atoms with van der Waals surface area (Å²) >= 11 is 0. The lowest BCUT2D eigenvalue weighted by molar-refractivity contribution is -0.199. The molecule has 66 valence electrons. The van der Waals surface area contributed by atoms with E-state index in [1.54, 1.807) is 6.33 Å². The third-order valence-electron chi connectivity index (χ3n) is 1.90. The van der Waals surface area contributed by atoms with Crippen molar-refractivity contribution in [2.45, 2.75) is 19.8 Å². The van der Waals surface area contributed by atoms with Crippen molar-refractivity contribution < 1.29 is 9.47 Å². The fraction of sp³-hybridized carbons (Fsp3) is 0.625. The van der Waals surface area contributed by atoms with Crippen LogP contribution in [-0.2, 0) is 15.9 Å². The maximum atomic E-state index is 5.40. The SMILES string of the molecule is CCOC1OCCc2cncn21.